The fourth-order valence-electron chi connectivity index (χ4n) is 5.81. The van der Waals surface area contributed by atoms with Crippen molar-refractivity contribution in [2.45, 2.75) is 58.0 Å². The van der Waals surface area contributed by atoms with Crippen LogP contribution in [0.15, 0.2) is 77.5 Å². The van der Waals surface area contributed by atoms with E-state index >= 15 is 0 Å². The minimum absolute atomic E-state index is 0.0943. The van der Waals surface area contributed by atoms with Gasteiger partial charge < -0.3 is 15.3 Å². The molecule has 0 saturated carbocycles. The highest BCUT2D eigenvalue weighted by Crippen LogP contribution is 2.53. The molecule has 1 aliphatic rings. The van der Waals surface area contributed by atoms with Gasteiger partial charge in [0.25, 0.3) is 0 Å². The minimum Gasteiger partial charge on any atom is -0.480 e. The Morgan fingerprint density at radius 3 is 2.20 bits per heavy atom. The third-order valence-electron chi connectivity index (χ3n) is 7.82. The van der Waals surface area contributed by atoms with E-state index in [9.17, 15) is 19.5 Å². The molecule has 2 amide bonds. The van der Waals surface area contributed by atoms with Crippen molar-refractivity contribution in [1.29, 1.82) is 0 Å². The number of amides is 2. The van der Waals surface area contributed by atoms with Crippen molar-refractivity contribution >= 4 is 46.1 Å². The summed E-state index contributed by atoms with van der Waals surface area (Å²) in [6.45, 7) is 10.2. The number of aliphatic carboxylic acids is 1. The maximum absolute atomic E-state index is 14.3. The molecule has 1 fully saturated rings. The summed E-state index contributed by atoms with van der Waals surface area (Å²) in [7, 11) is 0. The molecule has 2 N–H and O–H groups in total. The van der Waals surface area contributed by atoms with Gasteiger partial charge in [-0.25, -0.2) is 9.59 Å². The highest BCUT2D eigenvalue weighted by molar-refractivity contribution is 7.12. The lowest BCUT2D eigenvalue weighted by Crippen LogP contribution is -2.45. The lowest BCUT2D eigenvalue weighted by atomic mass is 9.77. The van der Waals surface area contributed by atoms with Gasteiger partial charge in [0.15, 0.2) is 5.78 Å². The van der Waals surface area contributed by atoms with E-state index in [2.05, 4.69) is 26.1 Å². The highest BCUT2D eigenvalue weighted by Gasteiger charge is 2.58. The number of likely N-dealkylation sites (tertiary alicyclic amines) is 1. The normalized spacial score (nSPS) is 20.7. The van der Waals surface area contributed by atoms with Crippen LogP contribution in [-0.4, -0.2) is 33.8 Å². The van der Waals surface area contributed by atoms with Crippen LogP contribution in [0.5, 0.6) is 0 Å². The number of nitrogens with zero attached hydrogens (tertiary/aromatic N) is 1. The van der Waals surface area contributed by atoms with Crippen molar-refractivity contribution in [3.63, 3.8) is 0 Å². The summed E-state index contributed by atoms with van der Waals surface area (Å²) >= 11 is 2.78. The van der Waals surface area contributed by atoms with E-state index < -0.39 is 35.9 Å². The van der Waals surface area contributed by atoms with Crippen LogP contribution in [0, 0.1) is 19.8 Å². The quantitative estimate of drug-likeness (QED) is 0.224. The van der Waals surface area contributed by atoms with Gasteiger partial charge in [0.05, 0.1) is 16.8 Å². The van der Waals surface area contributed by atoms with Crippen LogP contribution in [0.2, 0.25) is 0 Å². The number of nitrogens with one attached hydrogen (secondary N) is 1. The molecule has 4 aromatic rings. The molecule has 1 aliphatic heterocycles. The summed E-state index contributed by atoms with van der Waals surface area (Å²) in [5, 5.41) is 17.5. The smallest absolute Gasteiger partial charge is 0.327 e. The van der Waals surface area contributed by atoms with Crippen LogP contribution in [0.4, 0.5) is 10.5 Å². The van der Waals surface area contributed by atoms with Gasteiger partial charge in [0.1, 0.15) is 6.04 Å². The lowest BCUT2D eigenvalue weighted by molar-refractivity contribution is -0.142. The number of anilines is 1. The third-order valence-corrected chi connectivity index (χ3v) is 9.80. The number of carbonyl (C=O) groups is 3. The van der Waals surface area contributed by atoms with Gasteiger partial charge in [-0.1, -0.05) is 63.2 Å². The van der Waals surface area contributed by atoms with E-state index in [0.29, 0.717) is 10.6 Å². The zero-order chi connectivity index (χ0) is 29.5. The Labute approximate surface area is 248 Å². The van der Waals surface area contributed by atoms with Gasteiger partial charge in [-0.3, -0.25) is 4.79 Å². The third kappa shape index (κ3) is 5.59. The van der Waals surface area contributed by atoms with Crippen molar-refractivity contribution in [3.05, 3.63) is 109 Å². The molecule has 0 aliphatic carbocycles. The Morgan fingerprint density at radius 1 is 0.902 bits per heavy atom. The predicted octanol–water partition coefficient (Wildman–Crippen LogP) is 8.05. The first-order valence-electron chi connectivity index (χ1n) is 13.6. The number of rotatable bonds is 6. The first-order chi connectivity index (χ1) is 19.5. The maximum Gasteiger partial charge on any atom is 0.327 e. The monoisotopic (exact) mass is 586 g/mol. The Morgan fingerprint density at radius 2 is 1.63 bits per heavy atom. The van der Waals surface area contributed by atoms with Gasteiger partial charge in [-0.15, -0.1) is 22.7 Å². The number of carboxylic acid groups (broad SMARTS) is 1. The number of ketones is 1. The molecule has 0 bridgehead atoms. The summed E-state index contributed by atoms with van der Waals surface area (Å²) < 4.78 is 0. The Hall–Kier alpha value is -3.75. The van der Waals surface area contributed by atoms with E-state index in [1.807, 2.05) is 79.2 Å². The molecular formula is C33H34N2O4S2. The molecule has 5 rings (SSSR count). The molecule has 1 saturated heterocycles. The zero-order valence-electron chi connectivity index (χ0n) is 23.8. The predicted molar refractivity (Wildman–Crippen MR) is 165 cm³/mol. The van der Waals surface area contributed by atoms with E-state index in [0.717, 1.165) is 27.1 Å². The number of aryl methyl sites for hydroxylation is 2. The summed E-state index contributed by atoms with van der Waals surface area (Å²) in [4.78, 5) is 44.4. The number of benzene rings is 2. The van der Waals surface area contributed by atoms with Crippen LogP contribution in [0.25, 0.3) is 0 Å². The van der Waals surface area contributed by atoms with Crippen LogP contribution >= 0.6 is 22.7 Å². The van der Waals surface area contributed by atoms with Crippen LogP contribution < -0.4 is 5.32 Å². The van der Waals surface area contributed by atoms with E-state index in [4.69, 9.17) is 0 Å². The molecule has 2 aromatic carbocycles. The Kier molecular flexibility index (Phi) is 7.90. The number of hydrogen-bond acceptors (Lipinski definition) is 5. The lowest BCUT2D eigenvalue weighted by Gasteiger charge is -2.30. The Bertz CT molecular complexity index is 1570. The summed E-state index contributed by atoms with van der Waals surface area (Å²) in [6.07, 6.45) is 0. The number of Topliss-reactive ketones (excluding diaryl/α,β-unsaturated/α-hetero) is 1. The molecule has 212 valence electrons. The molecular weight excluding hydrogens is 553 g/mol. The SMILES string of the molecule is Cc1cccc(NC(=O)N2C(C(=O)O)C(c3ccc(C(C)(C)C)cc3)C(C(=O)c3cccs3)C2c2sccc2C)c1. The van der Waals surface area contributed by atoms with Gasteiger partial charge in [0, 0.05) is 16.5 Å². The van der Waals surface area contributed by atoms with Crippen molar-refractivity contribution in [2.24, 2.45) is 5.92 Å². The van der Waals surface area contributed by atoms with Gasteiger partial charge in [0.2, 0.25) is 0 Å². The molecule has 3 heterocycles. The first kappa shape index (κ1) is 28.8. The second-order valence-electron chi connectivity index (χ2n) is 11.7. The highest BCUT2D eigenvalue weighted by atomic mass is 32.1. The standard InChI is InChI=1S/C33H34N2O4S2/c1-19-8-6-9-23(18-19)34-32(39)35-27(30-20(2)15-17-41-30)26(29(36)24-10-7-16-40-24)25(28(35)31(37)38)21-11-13-22(14-12-21)33(3,4)5/h6-18,25-28H,1-5H3,(H,34,39)(H,37,38). The average molecular weight is 587 g/mol. The summed E-state index contributed by atoms with van der Waals surface area (Å²) in [6, 6.07) is 18.2. The number of carbonyl (C=O) groups excluding carboxylic acids is 2. The molecule has 6 nitrogen and oxygen atoms in total. The maximum atomic E-state index is 14.3. The zero-order valence-corrected chi connectivity index (χ0v) is 25.4. The first-order valence-corrected chi connectivity index (χ1v) is 15.3. The topological polar surface area (TPSA) is 86.7 Å². The van der Waals surface area contributed by atoms with Gasteiger partial charge >= 0.3 is 12.0 Å². The van der Waals surface area contributed by atoms with Crippen molar-refractivity contribution < 1.29 is 19.5 Å². The molecule has 2 aromatic heterocycles. The molecule has 8 heteroatoms. The summed E-state index contributed by atoms with van der Waals surface area (Å²) in [5.74, 6) is -2.85. The fourth-order valence-corrected chi connectivity index (χ4v) is 7.59. The van der Waals surface area contributed by atoms with Gasteiger partial charge in [-0.05, 0) is 76.5 Å². The minimum atomic E-state index is -1.26. The summed E-state index contributed by atoms with van der Waals surface area (Å²) in [5.41, 5.74) is 4.19. The van der Waals surface area contributed by atoms with E-state index in [-0.39, 0.29) is 11.2 Å². The molecule has 0 spiro atoms. The van der Waals surface area contributed by atoms with Crippen molar-refractivity contribution in [3.8, 4) is 0 Å². The number of carboxylic acids is 1. The second kappa shape index (κ2) is 11.3. The largest absolute Gasteiger partial charge is 0.480 e. The van der Waals surface area contributed by atoms with Crippen LogP contribution in [0.3, 0.4) is 0 Å². The van der Waals surface area contributed by atoms with Gasteiger partial charge in [-0.2, -0.15) is 0 Å². The average Bonchev–Trinajstić information content (AvgIpc) is 3.66. The van der Waals surface area contributed by atoms with Crippen molar-refractivity contribution in [1.82, 2.24) is 4.90 Å². The second-order valence-corrected chi connectivity index (χ2v) is 13.6. The molecule has 0 radical (unpaired) electrons. The number of thiophene rings is 2. The fraction of sp³-hybridized carbons (Fsp3) is 0.303. The van der Waals surface area contributed by atoms with E-state index in [1.165, 1.54) is 27.6 Å². The van der Waals surface area contributed by atoms with E-state index in [1.54, 1.807) is 12.1 Å². The molecule has 4 unspecified atom stereocenters. The Balaban J connectivity index is 1.70. The number of urea groups is 1. The van der Waals surface area contributed by atoms with Crippen molar-refractivity contribution in [2.75, 3.05) is 5.32 Å². The van der Waals surface area contributed by atoms with Crippen LogP contribution in [0.1, 0.15) is 69.5 Å². The number of hydrogen-bond donors (Lipinski definition) is 2. The van der Waals surface area contributed by atoms with Crippen LogP contribution in [-0.2, 0) is 10.2 Å². The molecule has 4 atom stereocenters. The molecule has 41 heavy (non-hydrogen) atoms.